The lowest BCUT2D eigenvalue weighted by molar-refractivity contribution is -0.122. The standard InChI is InChI=1S/C15H22N2O/c16-14-9-5-4-8-13(14)10-15(18)17-11-12-6-2-1-3-7-12/h1-3,6-7,13-14H,4-5,8-11,16H2,(H,17,18). The monoisotopic (exact) mass is 246 g/mol. The van der Waals surface area contributed by atoms with E-state index in [-0.39, 0.29) is 11.9 Å². The molecule has 1 aliphatic rings. The Bertz CT molecular complexity index is 377. The van der Waals surface area contributed by atoms with Crippen molar-refractivity contribution in [3.8, 4) is 0 Å². The quantitative estimate of drug-likeness (QED) is 0.855. The molecule has 0 bridgehead atoms. The Morgan fingerprint density at radius 3 is 2.67 bits per heavy atom. The lowest BCUT2D eigenvalue weighted by Gasteiger charge is -2.27. The summed E-state index contributed by atoms with van der Waals surface area (Å²) in [5.41, 5.74) is 7.19. The zero-order valence-electron chi connectivity index (χ0n) is 10.8. The second kappa shape index (κ2) is 6.55. The van der Waals surface area contributed by atoms with Crippen LogP contribution in [0.4, 0.5) is 0 Å². The van der Waals surface area contributed by atoms with Crippen LogP contribution in [0.3, 0.4) is 0 Å². The molecule has 0 aromatic heterocycles. The number of nitrogens with one attached hydrogen (secondary N) is 1. The van der Waals surface area contributed by atoms with E-state index >= 15 is 0 Å². The van der Waals surface area contributed by atoms with E-state index in [1.807, 2.05) is 30.3 Å². The minimum Gasteiger partial charge on any atom is -0.352 e. The van der Waals surface area contributed by atoms with Gasteiger partial charge in [0.05, 0.1) is 0 Å². The molecule has 3 nitrogen and oxygen atoms in total. The number of hydrogen-bond acceptors (Lipinski definition) is 2. The van der Waals surface area contributed by atoms with E-state index in [0.29, 0.717) is 18.9 Å². The smallest absolute Gasteiger partial charge is 0.220 e. The van der Waals surface area contributed by atoms with Crippen molar-refractivity contribution >= 4 is 5.91 Å². The van der Waals surface area contributed by atoms with Crippen molar-refractivity contribution in [1.29, 1.82) is 0 Å². The molecule has 0 aliphatic heterocycles. The van der Waals surface area contributed by atoms with E-state index in [1.165, 1.54) is 12.8 Å². The molecule has 2 atom stereocenters. The first-order chi connectivity index (χ1) is 8.75. The Hall–Kier alpha value is -1.35. The summed E-state index contributed by atoms with van der Waals surface area (Å²) in [6, 6.07) is 10.2. The van der Waals surface area contributed by atoms with Crippen molar-refractivity contribution in [2.45, 2.75) is 44.7 Å². The summed E-state index contributed by atoms with van der Waals surface area (Å²) in [6.45, 7) is 0.613. The van der Waals surface area contributed by atoms with Gasteiger partial charge in [0, 0.05) is 19.0 Å². The third-order valence-electron chi connectivity index (χ3n) is 3.75. The molecule has 2 rings (SSSR count). The van der Waals surface area contributed by atoms with Crippen LogP contribution in [0.15, 0.2) is 30.3 Å². The molecule has 0 spiro atoms. The molecule has 1 saturated carbocycles. The number of hydrogen-bond donors (Lipinski definition) is 2. The average molecular weight is 246 g/mol. The molecule has 1 aromatic rings. The zero-order valence-corrected chi connectivity index (χ0v) is 10.8. The van der Waals surface area contributed by atoms with Crippen LogP contribution in [-0.4, -0.2) is 11.9 Å². The van der Waals surface area contributed by atoms with Gasteiger partial charge >= 0.3 is 0 Å². The third-order valence-corrected chi connectivity index (χ3v) is 3.75. The molecule has 1 aliphatic carbocycles. The van der Waals surface area contributed by atoms with Gasteiger partial charge in [-0.3, -0.25) is 4.79 Å². The Balaban J connectivity index is 1.75. The minimum atomic E-state index is 0.126. The SMILES string of the molecule is NC1CCCCC1CC(=O)NCc1ccccc1. The van der Waals surface area contributed by atoms with Gasteiger partial charge in [-0.15, -0.1) is 0 Å². The van der Waals surface area contributed by atoms with Crippen molar-refractivity contribution in [2.75, 3.05) is 0 Å². The van der Waals surface area contributed by atoms with E-state index in [1.54, 1.807) is 0 Å². The summed E-state index contributed by atoms with van der Waals surface area (Å²) >= 11 is 0. The van der Waals surface area contributed by atoms with Crippen LogP contribution in [-0.2, 0) is 11.3 Å². The summed E-state index contributed by atoms with van der Waals surface area (Å²) in [5.74, 6) is 0.496. The number of benzene rings is 1. The first-order valence-corrected chi connectivity index (χ1v) is 6.82. The summed E-state index contributed by atoms with van der Waals surface area (Å²) in [4.78, 5) is 11.9. The Morgan fingerprint density at radius 2 is 1.94 bits per heavy atom. The lowest BCUT2D eigenvalue weighted by Crippen LogP contribution is -2.36. The van der Waals surface area contributed by atoms with Crippen LogP contribution < -0.4 is 11.1 Å². The molecule has 3 heteroatoms. The number of carbonyl (C=O) groups is 1. The van der Waals surface area contributed by atoms with Gasteiger partial charge in [0.2, 0.25) is 5.91 Å². The molecular formula is C15H22N2O. The van der Waals surface area contributed by atoms with E-state index in [4.69, 9.17) is 5.73 Å². The first-order valence-electron chi connectivity index (χ1n) is 6.82. The number of rotatable bonds is 4. The average Bonchev–Trinajstić information content (AvgIpc) is 2.40. The normalized spacial score (nSPS) is 23.6. The van der Waals surface area contributed by atoms with E-state index in [9.17, 15) is 4.79 Å². The Kier molecular flexibility index (Phi) is 4.76. The fourth-order valence-corrected chi connectivity index (χ4v) is 2.60. The second-order valence-electron chi connectivity index (χ2n) is 5.17. The molecular weight excluding hydrogens is 224 g/mol. The van der Waals surface area contributed by atoms with Gasteiger partial charge in [-0.25, -0.2) is 0 Å². The maximum atomic E-state index is 11.9. The van der Waals surface area contributed by atoms with Crippen molar-refractivity contribution in [3.05, 3.63) is 35.9 Å². The van der Waals surface area contributed by atoms with Crippen molar-refractivity contribution in [2.24, 2.45) is 11.7 Å². The van der Waals surface area contributed by atoms with Gasteiger partial charge < -0.3 is 11.1 Å². The Labute approximate surface area is 109 Å². The van der Waals surface area contributed by atoms with Crippen LogP contribution in [0.5, 0.6) is 0 Å². The van der Waals surface area contributed by atoms with Crippen LogP contribution in [0.2, 0.25) is 0 Å². The van der Waals surface area contributed by atoms with Gasteiger partial charge in [-0.05, 0) is 24.3 Å². The minimum absolute atomic E-state index is 0.126. The molecule has 3 N–H and O–H groups in total. The van der Waals surface area contributed by atoms with Gasteiger partial charge in [-0.1, -0.05) is 43.2 Å². The fraction of sp³-hybridized carbons (Fsp3) is 0.533. The molecule has 1 aromatic carbocycles. The van der Waals surface area contributed by atoms with Gasteiger partial charge in [0.25, 0.3) is 0 Å². The number of amides is 1. The lowest BCUT2D eigenvalue weighted by atomic mass is 9.83. The molecule has 1 fully saturated rings. The molecule has 2 unspecified atom stereocenters. The molecule has 98 valence electrons. The molecule has 18 heavy (non-hydrogen) atoms. The maximum absolute atomic E-state index is 11.9. The fourth-order valence-electron chi connectivity index (χ4n) is 2.60. The van der Waals surface area contributed by atoms with Crippen molar-refractivity contribution in [1.82, 2.24) is 5.32 Å². The molecule has 1 amide bonds. The van der Waals surface area contributed by atoms with Crippen LogP contribution in [0.25, 0.3) is 0 Å². The van der Waals surface area contributed by atoms with Gasteiger partial charge in [-0.2, -0.15) is 0 Å². The van der Waals surface area contributed by atoms with Crippen LogP contribution in [0.1, 0.15) is 37.7 Å². The van der Waals surface area contributed by atoms with Gasteiger partial charge in [0.1, 0.15) is 0 Å². The summed E-state index contributed by atoms with van der Waals surface area (Å²) < 4.78 is 0. The summed E-state index contributed by atoms with van der Waals surface area (Å²) in [5, 5.41) is 2.97. The maximum Gasteiger partial charge on any atom is 0.220 e. The molecule has 0 radical (unpaired) electrons. The van der Waals surface area contributed by atoms with Crippen LogP contribution in [0, 0.1) is 5.92 Å². The zero-order chi connectivity index (χ0) is 12.8. The van der Waals surface area contributed by atoms with E-state index in [0.717, 1.165) is 18.4 Å². The largest absolute Gasteiger partial charge is 0.352 e. The molecule has 0 saturated heterocycles. The Morgan fingerprint density at radius 1 is 1.22 bits per heavy atom. The van der Waals surface area contributed by atoms with E-state index in [2.05, 4.69) is 5.32 Å². The summed E-state index contributed by atoms with van der Waals surface area (Å²) in [7, 11) is 0. The molecule has 0 heterocycles. The predicted octanol–water partition coefficient (Wildman–Crippen LogP) is 2.21. The second-order valence-corrected chi connectivity index (χ2v) is 5.17. The highest BCUT2D eigenvalue weighted by molar-refractivity contribution is 5.76. The van der Waals surface area contributed by atoms with Crippen LogP contribution >= 0.6 is 0 Å². The van der Waals surface area contributed by atoms with Gasteiger partial charge in [0.15, 0.2) is 0 Å². The predicted molar refractivity (Wildman–Crippen MR) is 72.8 cm³/mol. The highest BCUT2D eigenvalue weighted by atomic mass is 16.1. The number of nitrogens with two attached hydrogens (primary N) is 1. The third kappa shape index (κ3) is 3.84. The highest BCUT2D eigenvalue weighted by Crippen LogP contribution is 2.25. The van der Waals surface area contributed by atoms with Crippen molar-refractivity contribution < 1.29 is 4.79 Å². The first kappa shape index (κ1) is 13.1. The van der Waals surface area contributed by atoms with Crippen molar-refractivity contribution in [3.63, 3.8) is 0 Å². The summed E-state index contributed by atoms with van der Waals surface area (Å²) in [6.07, 6.45) is 5.16. The number of carbonyl (C=O) groups excluding carboxylic acids is 1. The topological polar surface area (TPSA) is 55.1 Å². The van der Waals surface area contributed by atoms with E-state index < -0.39 is 0 Å². The highest BCUT2D eigenvalue weighted by Gasteiger charge is 2.23.